The molecule has 0 aliphatic rings. The molecule has 1 amide bonds. The molecule has 2 N–H and O–H groups in total. The molecule has 0 saturated heterocycles. The molecule has 1 aromatic heterocycles. The number of benzene rings is 1. The van der Waals surface area contributed by atoms with Crippen molar-refractivity contribution < 1.29 is 4.79 Å². The van der Waals surface area contributed by atoms with Gasteiger partial charge in [-0.1, -0.05) is 13.0 Å². The summed E-state index contributed by atoms with van der Waals surface area (Å²) in [6.07, 6.45) is 2.55. The van der Waals surface area contributed by atoms with Gasteiger partial charge in [0.2, 0.25) is 0 Å². The number of hydrogen-bond acceptors (Lipinski definition) is 3. The summed E-state index contributed by atoms with van der Waals surface area (Å²) in [4.78, 5) is 14.1. The highest BCUT2D eigenvalue weighted by molar-refractivity contribution is 6.04. The highest BCUT2D eigenvalue weighted by Crippen LogP contribution is 2.16. The van der Waals surface area contributed by atoms with Crippen LogP contribution in [-0.4, -0.2) is 30.2 Å². The molecule has 0 atom stereocenters. The zero-order valence-electron chi connectivity index (χ0n) is 11.4. The van der Waals surface area contributed by atoms with Crippen LogP contribution >= 0.6 is 0 Å². The predicted octanol–water partition coefficient (Wildman–Crippen LogP) is 2.29. The van der Waals surface area contributed by atoms with Gasteiger partial charge in [-0.25, -0.2) is 0 Å². The minimum absolute atomic E-state index is 0.136. The third kappa shape index (κ3) is 2.93. The molecule has 0 radical (unpaired) electrons. The SMILES string of the molecule is CCc1cn[nH]c1NC(=O)c1cccc(N(C)C)c1. The van der Waals surface area contributed by atoms with E-state index in [1.165, 1.54) is 0 Å². The van der Waals surface area contributed by atoms with Gasteiger partial charge in [0.15, 0.2) is 0 Å². The van der Waals surface area contributed by atoms with Crippen LogP contribution in [0.5, 0.6) is 0 Å². The molecule has 0 saturated carbocycles. The Labute approximate surface area is 112 Å². The molecule has 19 heavy (non-hydrogen) atoms. The zero-order chi connectivity index (χ0) is 13.8. The smallest absolute Gasteiger partial charge is 0.256 e. The number of rotatable bonds is 4. The lowest BCUT2D eigenvalue weighted by molar-refractivity contribution is 0.102. The van der Waals surface area contributed by atoms with Crippen molar-refractivity contribution >= 4 is 17.4 Å². The van der Waals surface area contributed by atoms with Gasteiger partial charge in [0.25, 0.3) is 5.91 Å². The van der Waals surface area contributed by atoms with Crippen LogP contribution in [0.3, 0.4) is 0 Å². The molecule has 0 fully saturated rings. The van der Waals surface area contributed by atoms with Gasteiger partial charge in [-0.05, 0) is 24.6 Å². The number of amides is 1. The molecule has 2 rings (SSSR count). The van der Waals surface area contributed by atoms with Gasteiger partial charge in [0, 0.05) is 30.9 Å². The molecule has 2 aromatic rings. The van der Waals surface area contributed by atoms with Gasteiger partial charge >= 0.3 is 0 Å². The average Bonchev–Trinajstić information content (AvgIpc) is 2.86. The van der Waals surface area contributed by atoms with Crippen molar-refractivity contribution in [2.75, 3.05) is 24.3 Å². The summed E-state index contributed by atoms with van der Waals surface area (Å²) in [7, 11) is 3.89. The van der Waals surface area contributed by atoms with Crippen molar-refractivity contribution in [2.24, 2.45) is 0 Å². The van der Waals surface area contributed by atoms with Crippen LogP contribution in [-0.2, 0) is 6.42 Å². The van der Waals surface area contributed by atoms with Gasteiger partial charge < -0.3 is 10.2 Å². The minimum Gasteiger partial charge on any atom is -0.378 e. The van der Waals surface area contributed by atoms with E-state index in [1.807, 2.05) is 44.1 Å². The summed E-state index contributed by atoms with van der Waals surface area (Å²) < 4.78 is 0. The van der Waals surface area contributed by atoms with Crippen LogP contribution in [0.4, 0.5) is 11.5 Å². The predicted molar refractivity (Wildman–Crippen MR) is 76.7 cm³/mol. The first-order valence-electron chi connectivity index (χ1n) is 6.22. The monoisotopic (exact) mass is 258 g/mol. The number of aromatic nitrogens is 2. The Kier molecular flexibility index (Phi) is 3.85. The molecule has 0 spiro atoms. The minimum atomic E-state index is -0.136. The van der Waals surface area contributed by atoms with E-state index >= 15 is 0 Å². The molecule has 1 heterocycles. The Morgan fingerprint density at radius 3 is 2.89 bits per heavy atom. The van der Waals surface area contributed by atoms with E-state index in [1.54, 1.807) is 12.3 Å². The van der Waals surface area contributed by atoms with Crippen molar-refractivity contribution in [2.45, 2.75) is 13.3 Å². The number of aryl methyl sites for hydroxylation is 1. The lowest BCUT2D eigenvalue weighted by Crippen LogP contribution is -2.15. The normalized spacial score (nSPS) is 10.3. The van der Waals surface area contributed by atoms with Gasteiger partial charge in [-0.2, -0.15) is 5.10 Å². The van der Waals surface area contributed by atoms with Gasteiger partial charge in [0.1, 0.15) is 5.82 Å². The van der Waals surface area contributed by atoms with Crippen LogP contribution in [0.15, 0.2) is 30.5 Å². The number of carbonyl (C=O) groups is 1. The first-order chi connectivity index (χ1) is 9.11. The van der Waals surface area contributed by atoms with E-state index in [0.717, 1.165) is 17.7 Å². The fourth-order valence-electron chi connectivity index (χ4n) is 1.80. The second-order valence-electron chi connectivity index (χ2n) is 4.52. The molecule has 0 aliphatic carbocycles. The molecule has 5 nitrogen and oxygen atoms in total. The van der Waals surface area contributed by atoms with Crippen LogP contribution in [0, 0.1) is 0 Å². The Hall–Kier alpha value is -2.30. The maximum atomic E-state index is 12.2. The number of H-pyrrole nitrogens is 1. The van der Waals surface area contributed by atoms with Gasteiger partial charge in [-0.3, -0.25) is 9.89 Å². The lowest BCUT2D eigenvalue weighted by Gasteiger charge is -2.13. The fourth-order valence-corrected chi connectivity index (χ4v) is 1.80. The van der Waals surface area contributed by atoms with Crippen LogP contribution in [0.2, 0.25) is 0 Å². The second-order valence-corrected chi connectivity index (χ2v) is 4.52. The van der Waals surface area contributed by atoms with Gasteiger partial charge in [-0.15, -0.1) is 0 Å². The summed E-state index contributed by atoms with van der Waals surface area (Å²) in [5.74, 6) is 0.533. The Bertz CT molecular complexity index is 574. The van der Waals surface area contributed by atoms with Crippen LogP contribution < -0.4 is 10.2 Å². The lowest BCUT2D eigenvalue weighted by atomic mass is 10.1. The maximum absolute atomic E-state index is 12.2. The van der Waals surface area contributed by atoms with Crippen molar-refractivity contribution in [1.29, 1.82) is 0 Å². The highest BCUT2D eigenvalue weighted by Gasteiger charge is 2.10. The highest BCUT2D eigenvalue weighted by atomic mass is 16.1. The third-order valence-electron chi connectivity index (χ3n) is 2.96. The summed E-state index contributed by atoms with van der Waals surface area (Å²) >= 11 is 0. The van der Waals surface area contributed by atoms with E-state index in [9.17, 15) is 4.79 Å². The first-order valence-corrected chi connectivity index (χ1v) is 6.22. The topological polar surface area (TPSA) is 61.0 Å². The molecule has 0 bridgehead atoms. The number of aromatic amines is 1. The van der Waals surface area contributed by atoms with Crippen LogP contribution in [0.1, 0.15) is 22.8 Å². The quantitative estimate of drug-likeness (QED) is 0.884. The average molecular weight is 258 g/mol. The number of nitrogens with zero attached hydrogens (tertiary/aromatic N) is 2. The van der Waals surface area contributed by atoms with E-state index < -0.39 is 0 Å². The second kappa shape index (κ2) is 5.56. The Morgan fingerprint density at radius 2 is 2.21 bits per heavy atom. The molecule has 5 heteroatoms. The van der Waals surface area contributed by atoms with Crippen molar-refractivity contribution in [3.05, 3.63) is 41.6 Å². The summed E-state index contributed by atoms with van der Waals surface area (Å²) in [5, 5.41) is 9.59. The number of hydrogen-bond donors (Lipinski definition) is 2. The Balaban J connectivity index is 2.18. The summed E-state index contributed by atoms with van der Waals surface area (Å²) in [5.41, 5.74) is 2.62. The van der Waals surface area contributed by atoms with E-state index in [2.05, 4.69) is 15.5 Å². The largest absolute Gasteiger partial charge is 0.378 e. The van der Waals surface area contributed by atoms with E-state index in [4.69, 9.17) is 0 Å². The van der Waals surface area contributed by atoms with E-state index in [0.29, 0.717) is 11.4 Å². The number of anilines is 2. The van der Waals surface area contributed by atoms with Gasteiger partial charge in [0.05, 0.1) is 6.20 Å². The standard InChI is InChI=1S/C14H18N4O/c1-4-10-9-15-17-13(10)16-14(19)11-6-5-7-12(8-11)18(2)3/h5-9H,4H2,1-3H3,(H2,15,16,17,19). The summed E-state index contributed by atoms with van der Waals surface area (Å²) in [6, 6.07) is 7.49. The first kappa shape index (κ1) is 13.1. The molecule has 0 aliphatic heterocycles. The fraction of sp³-hybridized carbons (Fsp3) is 0.286. The van der Waals surface area contributed by atoms with E-state index in [-0.39, 0.29) is 5.91 Å². The van der Waals surface area contributed by atoms with Crippen molar-refractivity contribution in [3.8, 4) is 0 Å². The van der Waals surface area contributed by atoms with Crippen molar-refractivity contribution in [1.82, 2.24) is 10.2 Å². The number of carbonyl (C=O) groups excluding carboxylic acids is 1. The zero-order valence-corrected chi connectivity index (χ0v) is 11.4. The molecule has 100 valence electrons. The number of nitrogens with one attached hydrogen (secondary N) is 2. The molecular formula is C14H18N4O. The molecule has 1 aromatic carbocycles. The molecule has 0 unspecified atom stereocenters. The summed E-state index contributed by atoms with van der Waals surface area (Å²) in [6.45, 7) is 2.02. The van der Waals surface area contributed by atoms with Crippen LogP contribution in [0.25, 0.3) is 0 Å². The molecular weight excluding hydrogens is 240 g/mol. The van der Waals surface area contributed by atoms with Crippen molar-refractivity contribution in [3.63, 3.8) is 0 Å². The maximum Gasteiger partial charge on any atom is 0.256 e. The Morgan fingerprint density at radius 1 is 1.42 bits per heavy atom. The third-order valence-corrected chi connectivity index (χ3v) is 2.96.